The van der Waals surface area contributed by atoms with E-state index in [9.17, 15) is 14.7 Å². The molecule has 0 aliphatic heterocycles. The van der Waals surface area contributed by atoms with Crippen LogP contribution in [0.1, 0.15) is 72.0 Å². The molecule has 0 aliphatic carbocycles. The van der Waals surface area contributed by atoms with Gasteiger partial charge in [0, 0.05) is 18.4 Å². The van der Waals surface area contributed by atoms with Crippen LogP contribution in [-0.2, 0) is 22.4 Å². The summed E-state index contributed by atoms with van der Waals surface area (Å²) in [6.45, 7) is 3.88. The van der Waals surface area contributed by atoms with Gasteiger partial charge in [0.25, 0.3) is 0 Å². The number of benzene rings is 1. The minimum absolute atomic E-state index is 0.205. The van der Waals surface area contributed by atoms with E-state index in [0.717, 1.165) is 18.4 Å². The summed E-state index contributed by atoms with van der Waals surface area (Å²) in [4.78, 5) is 32.3. The van der Waals surface area contributed by atoms with Crippen LogP contribution in [0.2, 0.25) is 5.15 Å². The maximum atomic E-state index is 11.7. The Kier molecular flexibility index (Phi) is 7.93. The van der Waals surface area contributed by atoms with E-state index in [1.54, 1.807) is 31.2 Å². The van der Waals surface area contributed by atoms with E-state index in [4.69, 9.17) is 16.3 Å². The largest absolute Gasteiger partial charge is 0.481 e. The molecule has 28 heavy (non-hydrogen) atoms. The lowest BCUT2D eigenvalue weighted by Crippen LogP contribution is -2.17. The molecule has 2 rings (SSSR count). The molecular formula is C21H25ClN2O4. The number of methoxy groups -OCH3 is 1. The van der Waals surface area contributed by atoms with E-state index in [1.807, 2.05) is 0 Å². The Labute approximate surface area is 169 Å². The molecule has 0 radical (unpaired) electrons. The van der Waals surface area contributed by atoms with Crippen molar-refractivity contribution in [3.05, 3.63) is 57.6 Å². The number of hydrogen-bond donors (Lipinski definition) is 1. The molecule has 2 aromatic rings. The molecule has 1 heterocycles. The number of nitrogens with zero attached hydrogens (tertiary/aromatic N) is 2. The molecule has 1 unspecified atom stereocenters. The second-order valence-corrected chi connectivity index (χ2v) is 6.92. The van der Waals surface area contributed by atoms with Crippen LogP contribution in [0.4, 0.5) is 0 Å². The molecule has 1 N–H and O–H groups in total. The highest BCUT2D eigenvalue weighted by molar-refractivity contribution is 6.30. The summed E-state index contributed by atoms with van der Waals surface area (Å²) in [5.41, 5.74) is 2.43. The summed E-state index contributed by atoms with van der Waals surface area (Å²) >= 11 is 6.41. The first kappa shape index (κ1) is 21.8. The molecule has 0 aliphatic rings. The Hall–Kier alpha value is -2.47. The highest BCUT2D eigenvalue weighted by atomic mass is 35.5. The third-order valence-corrected chi connectivity index (χ3v) is 4.87. The van der Waals surface area contributed by atoms with Gasteiger partial charge < -0.3 is 9.84 Å². The van der Waals surface area contributed by atoms with Gasteiger partial charge in [-0.2, -0.15) is 0 Å². The first-order valence-electron chi connectivity index (χ1n) is 9.36. The number of ether oxygens (including phenoxy) is 1. The Morgan fingerprint density at radius 1 is 1.18 bits per heavy atom. The number of carboxylic acids is 1. The number of hydrogen-bond acceptors (Lipinski definition) is 5. The number of carbonyl (C=O) groups is 2. The van der Waals surface area contributed by atoms with E-state index >= 15 is 0 Å². The van der Waals surface area contributed by atoms with E-state index in [2.05, 4.69) is 16.9 Å². The van der Waals surface area contributed by atoms with Gasteiger partial charge in [0.05, 0.1) is 24.3 Å². The molecule has 1 aromatic carbocycles. The van der Waals surface area contributed by atoms with Gasteiger partial charge in [-0.25, -0.2) is 14.8 Å². The SMILES string of the molecule is CCCCc1nc(Cl)c(C(CC)C(=O)O)c(Cc2ccc(C(=O)OC)cc2)n1. The van der Waals surface area contributed by atoms with Gasteiger partial charge >= 0.3 is 11.9 Å². The number of carboxylic acid groups (broad SMARTS) is 1. The highest BCUT2D eigenvalue weighted by Crippen LogP contribution is 2.30. The zero-order valence-electron chi connectivity index (χ0n) is 16.4. The number of aliphatic carboxylic acids is 1. The van der Waals surface area contributed by atoms with Gasteiger partial charge in [-0.15, -0.1) is 0 Å². The summed E-state index contributed by atoms with van der Waals surface area (Å²) in [6, 6.07) is 6.96. The van der Waals surface area contributed by atoms with Crippen LogP contribution in [0.3, 0.4) is 0 Å². The maximum absolute atomic E-state index is 11.7. The van der Waals surface area contributed by atoms with E-state index < -0.39 is 17.9 Å². The van der Waals surface area contributed by atoms with Gasteiger partial charge in [-0.1, -0.05) is 44.0 Å². The summed E-state index contributed by atoms with van der Waals surface area (Å²) in [6.07, 6.45) is 3.41. The van der Waals surface area contributed by atoms with Gasteiger partial charge in [0.1, 0.15) is 11.0 Å². The Morgan fingerprint density at radius 3 is 2.39 bits per heavy atom. The van der Waals surface area contributed by atoms with Crippen LogP contribution < -0.4 is 0 Å². The molecule has 150 valence electrons. The Morgan fingerprint density at radius 2 is 1.86 bits per heavy atom. The topological polar surface area (TPSA) is 89.4 Å². The van der Waals surface area contributed by atoms with Gasteiger partial charge in [0.15, 0.2) is 0 Å². The lowest BCUT2D eigenvalue weighted by atomic mass is 9.93. The molecule has 0 saturated carbocycles. The first-order valence-corrected chi connectivity index (χ1v) is 9.74. The van der Waals surface area contributed by atoms with Gasteiger partial charge in [-0.05, 0) is 30.5 Å². The number of halogens is 1. The monoisotopic (exact) mass is 404 g/mol. The molecule has 0 fully saturated rings. The van der Waals surface area contributed by atoms with Crippen LogP contribution in [0, 0.1) is 0 Å². The summed E-state index contributed by atoms with van der Waals surface area (Å²) < 4.78 is 4.71. The number of rotatable bonds is 9. The molecule has 6 nitrogen and oxygen atoms in total. The average molecular weight is 405 g/mol. The van der Waals surface area contributed by atoms with E-state index in [1.165, 1.54) is 7.11 Å². The van der Waals surface area contributed by atoms with Crippen molar-refractivity contribution < 1.29 is 19.4 Å². The smallest absolute Gasteiger partial charge is 0.337 e. The van der Waals surface area contributed by atoms with Crippen LogP contribution >= 0.6 is 11.6 Å². The molecular weight excluding hydrogens is 380 g/mol. The van der Waals surface area contributed by atoms with Crippen molar-refractivity contribution in [2.45, 2.75) is 51.9 Å². The summed E-state index contributed by atoms with van der Waals surface area (Å²) in [7, 11) is 1.33. The predicted octanol–water partition coefficient (Wildman–Crippen LogP) is 4.43. The minimum atomic E-state index is -0.948. The number of aryl methyl sites for hydroxylation is 1. The second-order valence-electron chi connectivity index (χ2n) is 6.56. The van der Waals surface area contributed by atoms with Crippen molar-refractivity contribution in [3.8, 4) is 0 Å². The number of carbonyl (C=O) groups excluding carboxylic acids is 1. The maximum Gasteiger partial charge on any atom is 0.337 e. The zero-order valence-corrected chi connectivity index (χ0v) is 17.1. The zero-order chi connectivity index (χ0) is 20.7. The Bertz CT molecular complexity index is 837. The summed E-state index contributed by atoms with van der Waals surface area (Å²) in [5.74, 6) is -1.50. The Balaban J connectivity index is 2.44. The second kappa shape index (κ2) is 10.2. The first-order chi connectivity index (χ1) is 13.4. The van der Waals surface area contributed by atoms with Crippen molar-refractivity contribution in [1.29, 1.82) is 0 Å². The molecule has 7 heteroatoms. The third-order valence-electron chi connectivity index (χ3n) is 4.58. The van der Waals surface area contributed by atoms with Crippen molar-refractivity contribution in [2.24, 2.45) is 0 Å². The molecule has 1 aromatic heterocycles. The quantitative estimate of drug-likeness (QED) is 0.491. The fourth-order valence-corrected chi connectivity index (χ4v) is 3.37. The molecule has 0 bridgehead atoms. The van der Waals surface area contributed by atoms with Crippen LogP contribution in [-0.4, -0.2) is 34.1 Å². The van der Waals surface area contributed by atoms with Gasteiger partial charge in [-0.3, -0.25) is 4.79 Å². The highest BCUT2D eigenvalue weighted by Gasteiger charge is 2.26. The minimum Gasteiger partial charge on any atom is -0.481 e. The van der Waals surface area contributed by atoms with Crippen LogP contribution in [0.5, 0.6) is 0 Å². The van der Waals surface area contributed by atoms with Crippen molar-refractivity contribution in [2.75, 3.05) is 7.11 Å². The lowest BCUT2D eigenvalue weighted by Gasteiger charge is -2.17. The number of esters is 1. The molecule has 0 amide bonds. The molecule has 0 saturated heterocycles. The predicted molar refractivity (Wildman–Crippen MR) is 107 cm³/mol. The summed E-state index contributed by atoms with van der Waals surface area (Å²) in [5, 5.41) is 9.82. The number of aromatic nitrogens is 2. The van der Waals surface area contributed by atoms with Crippen LogP contribution in [0.25, 0.3) is 0 Å². The standard InChI is InChI=1S/C21H25ClN2O4/c1-4-6-7-17-23-16(18(19(22)24-17)15(5-2)20(25)26)12-13-8-10-14(11-9-13)21(27)28-3/h8-11,15H,4-7,12H2,1-3H3,(H,25,26). The average Bonchev–Trinajstić information content (AvgIpc) is 2.68. The van der Waals surface area contributed by atoms with Gasteiger partial charge in [0.2, 0.25) is 0 Å². The van der Waals surface area contributed by atoms with Crippen LogP contribution in [0.15, 0.2) is 24.3 Å². The third kappa shape index (κ3) is 5.29. The van der Waals surface area contributed by atoms with Crippen molar-refractivity contribution in [1.82, 2.24) is 9.97 Å². The normalized spacial score (nSPS) is 11.9. The van der Waals surface area contributed by atoms with E-state index in [0.29, 0.717) is 41.9 Å². The fraction of sp³-hybridized carbons (Fsp3) is 0.429. The lowest BCUT2D eigenvalue weighted by molar-refractivity contribution is -0.138. The van der Waals surface area contributed by atoms with Crippen molar-refractivity contribution >= 4 is 23.5 Å². The fourth-order valence-electron chi connectivity index (χ4n) is 3.03. The number of unbranched alkanes of at least 4 members (excludes halogenated alkanes) is 1. The van der Waals surface area contributed by atoms with Crippen molar-refractivity contribution in [3.63, 3.8) is 0 Å². The van der Waals surface area contributed by atoms with E-state index in [-0.39, 0.29) is 5.15 Å². The molecule has 1 atom stereocenters. The molecule has 0 spiro atoms.